The van der Waals surface area contributed by atoms with Crippen molar-refractivity contribution in [2.75, 3.05) is 16.8 Å². The Bertz CT molecular complexity index is 821. The lowest BCUT2D eigenvalue weighted by Gasteiger charge is -2.16. The lowest BCUT2D eigenvalue weighted by molar-refractivity contribution is -0.118. The molecule has 0 atom stereocenters. The number of hydrogen-bond donors (Lipinski definition) is 1. The molecule has 0 aromatic heterocycles. The Morgan fingerprint density at radius 3 is 2.67 bits per heavy atom. The van der Waals surface area contributed by atoms with Gasteiger partial charge in [-0.05, 0) is 48.4 Å². The molecule has 1 N–H and O–H groups in total. The molecule has 1 aliphatic rings. The fourth-order valence-electron chi connectivity index (χ4n) is 2.78. The Labute approximate surface area is 150 Å². The molecule has 2 aromatic carbocycles. The normalized spacial score (nSPS) is 12.9. The van der Waals surface area contributed by atoms with E-state index in [1.165, 1.54) is 0 Å². The molecule has 1 aliphatic heterocycles. The summed E-state index contributed by atoms with van der Waals surface area (Å²) in [6.07, 6.45) is 1.22. The Morgan fingerprint density at radius 2 is 1.96 bits per heavy atom. The molecule has 24 heavy (non-hydrogen) atoms. The van der Waals surface area contributed by atoms with Gasteiger partial charge in [0.1, 0.15) is 0 Å². The summed E-state index contributed by atoms with van der Waals surface area (Å²) in [4.78, 5) is 26.1. The highest BCUT2D eigenvalue weighted by molar-refractivity contribution is 6.36. The number of benzene rings is 2. The first-order chi connectivity index (χ1) is 11.5. The van der Waals surface area contributed by atoms with Crippen LogP contribution >= 0.6 is 23.2 Å². The molecule has 3 rings (SSSR count). The van der Waals surface area contributed by atoms with E-state index >= 15 is 0 Å². The van der Waals surface area contributed by atoms with Crippen molar-refractivity contribution in [2.45, 2.75) is 19.8 Å². The third-order valence-electron chi connectivity index (χ3n) is 4.02. The van der Waals surface area contributed by atoms with Gasteiger partial charge in [0.25, 0.3) is 5.91 Å². The number of nitrogens with zero attached hydrogens (tertiary/aromatic N) is 1. The molecule has 4 nitrogen and oxygen atoms in total. The van der Waals surface area contributed by atoms with Crippen LogP contribution in [0.1, 0.15) is 29.3 Å². The summed E-state index contributed by atoms with van der Waals surface area (Å²) in [7, 11) is 0. The Kier molecular flexibility index (Phi) is 4.78. The summed E-state index contributed by atoms with van der Waals surface area (Å²) < 4.78 is 0. The average Bonchev–Trinajstić information content (AvgIpc) is 2.99. The van der Waals surface area contributed by atoms with E-state index in [0.717, 1.165) is 17.7 Å². The standard InChI is InChI=1S/C18H16Cl2N2O2/c1-2-17(23)22-8-7-11-9-12(3-6-16(11)22)18(24)21-15-5-4-13(19)10-14(15)20/h3-6,9-10H,2,7-8H2,1H3,(H,21,24). The molecule has 0 radical (unpaired) electrons. The molecular weight excluding hydrogens is 347 g/mol. The van der Waals surface area contributed by atoms with Gasteiger partial charge >= 0.3 is 0 Å². The highest BCUT2D eigenvalue weighted by Crippen LogP contribution is 2.30. The Balaban J connectivity index is 1.81. The number of amides is 2. The van der Waals surface area contributed by atoms with Crippen LogP contribution in [0.3, 0.4) is 0 Å². The van der Waals surface area contributed by atoms with Crippen LogP contribution in [0.2, 0.25) is 10.0 Å². The van der Waals surface area contributed by atoms with Crippen LogP contribution in [0.25, 0.3) is 0 Å². The minimum Gasteiger partial charge on any atom is -0.321 e. The fourth-order valence-corrected chi connectivity index (χ4v) is 3.23. The maximum absolute atomic E-state index is 12.4. The molecule has 2 aromatic rings. The molecule has 0 fully saturated rings. The van der Waals surface area contributed by atoms with Crippen molar-refractivity contribution in [3.8, 4) is 0 Å². The van der Waals surface area contributed by atoms with E-state index in [-0.39, 0.29) is 11.8 Å². The highest BCUT2D eigenvalue weighted by Gasteiger charge is 2.24. The quantitative estimate of drug-likeness (QED) is 0.870. The van der Waals surface area contributed by atoms with E-state index in [4.69, 9.17) is 23.2 Å². The van der Waals surface area contributed by atoms with E-state index in [1.807, 2.05) is 19.1 Å². The van der Waals surface area contributed by atoms with E-state index < -0.39 is 0 Å². The number of hydrogen-bond acceptors (Lipinski definition) is 2. The number of anilines is 2. The van der Waals surface area contributed by atoms with Gasteiger partial charge in [-0.3, -0.25) is 9.59 Å². The average molecular weight is 363 g/mol. The van der Waals surface area contributed by atoms with Gasteiger partial charge in [0.15, 0.2) is 0 Å². The second-order valence-electron chi connectivity index (χ2n) is 5.57. The number of carbonyl (C=O) groups is 2. The third-order valence-corrected chi connectivity index (χ3v) is 4.57. The zero-order valence-corrected chi connectivity index (χ0v) is 14.6. The molecule has 0 spiro atoms. The molecule has 124 valence electrons. The molecule has 2 amide bonds. The predicted molar refractivity (Wildman–Crippen MR) is 97.2 cm³/mol. The van der Waals surface area contributed by atoms with Crippen molar-refractivity contribution in [2.24, 2.45) is 0 Å². The molecule has 0 bridgehead atoms. The van der Waals surface area contributed by atoms with Crippen molar-refractivity contribution in [3.05, 3.63) is 57.6 Å². The minimum atomic E-state index is -0.248. The Hall–Kier alpha value is -2.04. The van der Waals surface area contributed by atoms with Gasteiger partial charge in [-0.1, -0.05) is 30.1 Å². The van der Waals surface area contributed by atoms with Gasteiger partial charge in [0.2, 0.25) is 5.91 Å². The monoisotopic (exact) mass is 362 g/mol. The van der Waals surface area contributed by atoms with Crippen LogP contribution in [-0.2, 0) is 11.2 Å². The van der Waals surface area contributed by atoms with Crippen molar-refractivity contribution in [3.63, 3.8) is 0 Å². The smallest absolute Gasteiger partial charge is 0.255 e. The number of rotatable bonds is 3. The van der Waals surface area contributed by atoms with Gasteiger partial charge < -0.3 is 10.2 Å². The van der Waals surface area contributed by atoms with Crippen molar-refractivity contribution in [1.29, 1.82) is 0 Å². The summed E-state index contributed by atoms with van der Waals surface area (Å²) >= 11 is 11.9. The summed E-state index contributed by atoms with van der Waals surface area (Å²) in [6, 6.07) is 10.3. The zero-order valence-electron chi connectivity index (χ0n) is 13.1. The van der Waals surface area contributed by atoms with Crippen LogP contribution in [-0.4, -0.2) is 18.4 Å². The predicted octanol–water partition coefficient (Wildman–Crippen LogP) is 4.54. The molecule has 0 saturated heterocycles. The first-order valence-electron chi connectivity index (χ1n) is 7.69. The number of nitrogens with one attached hydrogen (secondary N) is 1. The van der Waals surface area contributed by atoms with Gasteiger partial charge in [-0.25, -0.2) is 0 Å². The molecular formula is C18H16Cl2N2O2. The van der Waals surface area contributed by atoms with E-state index in [2.05, 4.69) is 5.32 Å². The number of fused-ring (bicyclic) bond motifs is 1. The van der Waals surface area contributed by atoms with Crippen LogP contribution in [0.4, 0.5) is 11.4 Å². The molecule has 1 heterocycles. The summed E-state index contributed by atoms with van der Waals surface area (Å²) in [5.74, 6) is -0.152. The SMILES string of the molecule is CCC(=O)N1CCc2cc(C(=O)Nc3ccc(Cl)cc3Cl)ccc21. The van der Waals surface area contributed by atoms with Gasteiger partial charge in [-0.15, -0.1) is 0 Å². The van der Waals surface area contributed by atoms with Gasteiger partial charge in [0, 0.05) is 29.2 Å². The van der Waals surface area contributed by atoms with Crippen LogP contribution in [0.5, 0.6) is 0 Å². The largest absolute Gasteiger partial charge is 0.321 e. The lowest BCUT2D eigenvalue weighted by atomic mass is 10.1. The van der Waals surface area contributed by atoms with Crippen molar-refractivity contribution >= 4 is 46.4 Å². The second-order valence-corrected chi connectivity index (χ2v) is 6.41. The molecule has 6 heteroatoms. The van der Waals surface area contributed by atoms with E-state index in [0.29, 0.717) is 34.3 Å². The van der Waals surface area contributed by atoms with Crippen LogP contribution in [0, 0.1) is 0 Å². The van der Waals surface area contributed by atoms with Gasteiger partial charge in [0.05, 0.1) is 10.7 Å². The zero-order chi connectivity index (χ0) is 17.3. The van der Waals surface area contributed by atoms with E-state index in [9.17, 15) is 9.59 Å². The number of halogens is 2. The maximum Gasteiger partial charge on any atom is 0.255 e. The fraction of sp³-hybridized carbons (Fsp3) is 0.222. The molecule has 0 aliphatic carbocycles. The van der Waals surface area contributed by atoms with Crippen LogP contribution < -0.4 is 10.2 Å². The van der Waals surface area contributed by atoms with E-state index in [1.54, 1.807) is 29.2 Å². The summed E-state index contributed by atoms with van der Waals surface area (Å²) in [6.45, 7) is 2.51. The van der Waals surface area contributed by atoms with Crippen molar-refractivity contribution in [1.82, 2.24) is 0 Å². The van der Waals surface area contributed by atoms with Crippen LogP contribution in [0.15, 0.2) is 36.4 Å². The first-order valence-corrected chi connectivity index (χ1v) is 8.45. The lowest BCUT2D eigenvalue weighted by Crippen LogP contribution is -2.27. The van der Waals surface area contributed by atoms with Crippen molar-refractivity contribution < 1.29 is 9.59 Å². The Morgan fingerprint density at radius 1 is 1.17 bits per heavy atom. The molecule has 0 saturated carbocycles. The first kappa shape index (κ1) is 16.8. The minimum absolute atomic E-state index is 0.0962. The third kappa shape index (κ3) is 3.25. The van der Waals surface area contributed by atoms with Gasteiger partial charge in [-0.2, -0.15) is 0 Å². The summed E-state index contributed by atoms with van der Waals surface area (Å²) in [5, 5.41) is 3.68. The number of carbonyl (C=O) groups excluding carboxylic acids is 2. The topological polar surface area (TPSA) is 49.4 Å². The summed E-state index contributed by atoms with van der Waals surface area (Å²) in [5.41, 5.74) is 2.94. The second kappa shape index (κ2) is 6.83. The highest BCUT2D eigenvalue weighted by atomic mass is 35.5. The molecule has 0 unspecified atom stereocenters. The maximum atomic E-state index is 12.4.